The first kappa shape index (κ1) is 15.4. The van der Waals surface area contributed by atoms with Gasteiger partial charge >= 0.3 is 0 Å². The zero-order valence-electron chi connectivity index (χ0n) is 12.9. The number of nitrogens with one attached hydrogen (secondary N) is 1. The van der Waals surface area contributed by atoms with E-state index < -0.39 is 0 Å². The standard InChI is InChI=1S/C15H26N4S/c1-4-7-16-14-13(6-3)15(18-11-17-14)19-8-9-20-12(5-2)10-19/h11-12H,4-10H2,1-3H3,(H,16,17,18). The molecule has 0 radical (unpaired) electrons. The number of anilines is 2. The predicted molar refractivity (Wildman–Crippen MR) is 88.9 cm³/mol. The highest BCUT2D eigenvalue weighted by molar-refractivity contribution is 8.00. The minimum Gasteiger partial charge on any atom is -0.370 e. The number of hydrogen-bond acceptors (Lipinski definition) is 5. The van der Waals surface area contributed by atoms with E-state index in [2.05, 4.69) is 52.7 Å². The second-order valence-electron chi connectivity index (χ2n) is 5.15. The van der Waals surface area contributed by atoms with Crippen LogP contribution in [0.5, 0.6) is 0 Å². The Morgan fingerprint density at radius 1 is 1.35 bits per heavy atom. The molecule has 0 spiro atoms. The SMILES string of the molecule is CCCNc1ncnc(N2CCSC(CC)C2)c1CC. The highest BCUT2D eigenvalue weighted by Gasteiger charge is 2.23. The molecule has 112 valence electrons. The number of hydrogen-bond donors (Lipinski definition) is 1. The Hall–Kier alpha value is -0.970. The molecular formula is C15H26N4S. The minimum atomic E-state index is 0.732. The fraction of sp³-hybridized carbons (Fsp3) is 0.733. The summed E-state index contributed by atoms with van der Waals surface area (Å²) in [7, 11) is 0. The van der Waals surface area contributed by atoms with Crippen LogP contribution in [0.3, 0.4) is 0 Å². The van der Waals surface area contributed by atoms with Crippen LogP contribution in [0.15, 0.2) is 6.33 Å². The van der Waals surface area contributed by atoms with Gasteiger partial charge in [-0.1, -0.05) is 20.8 Å². The Kier molecular flexibility index (Phi) is 5.95. The highest BCUT2D eigenvalue weighted by Crippen LogP contribution is 2.29. The van der Waals surface area contributed by atoms with Gasteiger partial charge in [-0.25, -0.2) is 9.97 Å². The molecule has 20 heavy (non-hydrogen) atoms. The van der Waals surface area contributed by atoms with Crippen LogP contribution in [-0.2, 0) is 6.42 Å². The van der Waals surface area contributed by atoms with Gasteiger partial charge in [0.1, 0.15) is 18.0 Å². The largest absolute Gasteiger partial charge is 0.370 e. The van der Waals surface area contributed by atoms with Crippen LogP contribution in [0.1, 0.15) is 39.2 Å². The maximum absolute atomic E-state index is 4.58. The average Bonchev–Trinajstić information content (AvgIpc) is 2.52. The van der Waals surface area contributed by atoms with Gasteiger partial charge < -0.3 is 10.2 Å². The molecule has 1 aliphatic rings. The van der Waals surface area contributed by atoms with Crippen LogP contribution in [-0.4, -0.2) is 40.6 Å². The Balaban J connectivity index is 2.21. The highest BCUT2D eigenvalue weighted by atomic mass is 32.2. The summed E-state index contributed by atoms with van der Waals surface area (Å²) in [6.07, 6.45) is 5.02. The molecule has 0 bridgehead atoms. The lowest BCUT2D eigenvalue weighted by molar-refractivity contribution is 0.714. The van der Waals surface area contributed by atoms with Crippen LogP contribution in [0.25, 0.3) is 0 Å². The van der Waals surface area contributed by atoms with E-state index in [1.165, 1.54) is 17.7 Å². The van der Waals surface area contributed by atoms with E-state index in [-0.39, 0.29) is 0 Å². The maximum atomic E-state index is 4.58. The molecule has 1 saturated heterocycles. The average molecular weight is 294 g/mol. The third-order valence-electron chi connectivity index (χ3n) is 3.71. The topological polar surface area (TPSA) is 41.1 Å². The molecule has 1 fully saturated rings. The van der Waals surface area contributed by atoms with E-state index in [1.54, 1.807) is 6.33 Å². The van der Waals surface area contributed by atoms with Gasteiger partial charge in [-0.15, -0.1) is 0 Å². The van der Waals surface area contributed by atoms with Crippen LogP contribution < -0.4 is 10.2 Å². The van der Waals surface area contributed by atoms with Crippen molar-refractivity contribution in [2.24, 2.45) is 0 Å². The van der Waals surface area contributed by atoms with Crippen molar-refractivity contribution in [3.8, 4) is 0 Å². The Morgan fingerprint density at radius 3 is 2.90 bits per heavy atom. The van der Waals surface area contributed by atoms with E-state index in [0.717, 1.165) is 49.4 Å². The molecule has 1 aromatic rings. The first-order valence-electron chi connectivity index (χ1n) is 7.74. The molecule has 0 amide bonds. The third kappa shape index (κ3) is 3.57. The molecule has 2 rings (SSSR count). The van der Waals surface area contributed by atoms with Crippen molar-refractivity contribution in [1.29, 1.82) is 0 Å². The van der Waals surface area contributed by atoms with E-state index in [9.17, 15) is 0 Å². The summed E-state index contributed by atoms with van der Waals surface area (Å²) in [4.78, 5) is 11.5. The molecular weight excluding hydrogens is 268 g/mol. The lowest BCUT2D eigenvalue weighted by atomic mass is 10.2. The van der Waals surface area contributed by atoms with Gasteiger partial charge in [0.15, 0.2) is 0 Å². The molecule has 1 aromatic heterocycles. The molecule has 1 N–H and O–H groups in total. The fourth-order valence-electron chi connectivity index (χ4n) is 2.56. The molecule has 4 nitrogen and oxygen atoms in total. The summed E-state index contributed by atoms with van der Waals surface area (Å²) in [5, 5.41) is 4.17. The van der Waals surface area contributed by atoms with Gasteiger partial charge in [-0.05, 0) is 19.3 Å². The summed E-state index contributed by atoms with van der Waals surface area (Å²) in [5.41, 5.74) is 1.27. The van der Waals surface area contributed by atoms with Crippen molar-refractivity contribution in [2.45, 2.75) is 45.3 Å². The molecule has 0 aliphatic carbocycles. The molecule has 2 heterocycles. The molecule has 5 heteroatoms. The second kappa shape index (κ2) is 7.72. The maximum Gasteiger partial charge on any atom is 0.137 e. The van der Waals surface area contributed by atoms with E-state index >= 15 is 0 Å². The Morgan fingerprint density at radius 2 is 2.20 bits per heavy atom. The van der Waals surface area contributed by atoms with Gasteiger partial charge in [-0.3, -0.25) is 0 Å². The normalized spacial score (nSPS) is 19.1. The quantitative estimate of drug-likeness (QED) is 0.872. The summed E-state index contributed by atoms with van der Waals surface area (Å²) < 4.78 is 0. The fourth-order valence-corrected chi connectivity index (χ4v) is 3.74. The van der Waals surface area contributed by atoms with Crippen molar-refractivity contribution in [2.75, 3.05) is 35.6 Å². The van der Waals surface area contributed by atoms with Crippen molar-refractivity contribution >= 4 is 23.4 Å². The van der Waals surface area contributed by atoms with Crippen molar-refractivity contribution < 1.29 is 0 Å². The van der Waals surface area contributed by atoms with Gasteiger partial charge in [0.05, 0.1) is 0 Å². The summed E-state index contributed by atoms with van der Waals surface area (Å²) in [5.74, 6) is 3.36. The summed E-state index contributed by atoms with van der Waals surface area (Å²) >= 11 is 2.09. The van der Waals surface area contributed by atoms with E-state index in [1.807, 2.05) is 0 Å². The van der Waals surface area contributed by atoms with Gasteiger partial charge in [-0.2, -0.15) is 11.8 Å². The summed E-state index contributed by atoms with van der Waals surface area (Å²) in [6, 6.07) is 0. The van der Waals surface area contributed by atoms with Crippen LogP contribution in [0, 0.1) is 0 Å². The van der Waals surface area contributed by atoms with Crippen molar-refractivity contribution in [1.82, 2.24) is 9.97 Å². The zero-order chi connectivity index (χ0) is 14.4. The van der Waals surface area contributed by atoms with Crippen LogP contribution in [0.2, 0.25) is 0 Å². The third-order valence-corrected chi connectivity index (χ3v) is 5.08. The lowest BCUT2D eigenvalue weighted by Crippen LogP contribution is -2.38. The van der Waals surface area contributed by atoms with E-state index in [4.69, 9.17) is 0 Å². The van der Waals surface area contributed by atoms with Crippen LogP contribution >= 0.6 is 11.8 Å². The smallest absolute Gasteiger partial charge is 0.137 e. The van der Waals surface area contributed by atoms with Gasteiger partial charge in [0.2, 0.25) is 0 Å². The van der Waals surface area contributed by atoms with E-state index in [0.29, 0.717) is 0 Å². The Bertz CT molecular complexity index is 424. The van der Waals surface area contributed by atoms with Gasteiger partial charge in [0, 0.05) is 36.2 Å². The van der Waals surface area contributed by atoms with Crippen molar-refractivity contribution in [3.63, 3.8) is 0 Å². The molecule has 1 unspecified atom stereocenters. The number of thioether (sulfide) groups is 1. The monoisotopic (exact) mass is 294 g/mol. The van der Waals surface area contributed by atoms with Gasteiger partial charge in [0.25, 0.3) is 0 Å². The molecule has 0 saturated carbocycles. The first-order chi connectivity index (χ1) is 9.80. The molecule has 0 aromatic carbocycles. The molecule has 1 aliphatic heterocycles. The number of aromatic nitrogens is 2. The summed E-state index contributed by atoms with van der Waals surface area (Å²) in [6.45, 7) is 9.81. The van der Waals surface area contributed by atoms with Crippen LogP contribution in [0.4, 0.5) is 11.6 Å². The Labute approximate surface area is 126 Å². The first-order valence-corrected chi connectivity index (χ1v) is 8.79. The predicted octanol–water partition coefficient (Wildman–Crippen LogP) is 3.19. The number of nitrogens with zero attached hydrogens (tertiary/aromatic N) is 3. The second-order valence-corrected chi connectivity index (χ2v) is 6.56. The minimum absolute atomic E-state index is 0.732. The molecule has 1 atom stereocenters. The van der Waals surface area contributed by atoms with Crippen molar-refractivity contribution in [3.05, 3.63) is 11.9 Å². The number of rotatable bonds is 6. The lowest BCUT2D eigenvalue weighted by Gasteiger charge is -2.34. The zero-order valence-corrected chi connectivity index (χ0v) is 13.7.